The fourth-order valence-electron chi connectivity index (χ4n) is 2.43. The average Bonchev–Trinajstić information content (AvgIpc) is 2.91. The van der Waals surface area contributed by atoms with E-state index in [1.807, 2.05) is 50.2 Å². The fraction of sp³-hybridized carbons (Fsp3) is 0.211. The van der Waals surface area contributed by atoms with Crippen molar-refractivity contribution in [1.82, 2.24) is 0 Å². The van der Waals surface area contributed by atoms with E-state index in [2.05, 4.69) is 5.32 Å². The normalized spacial score (nSPS) is 10.9. The van der Waals surface area contributed by atoms with E-state index >= 15 is 0 Å². The molecule has 1 heterocycles. The van der Waals surface area contributed by atoms with Gasteiger partial charge in [0.1, 0.15) is 16.4 Å². The first-order valence-electron chi connectivity index (χ1n) is 7.82. The van der Waals surface area contributed by atoms with Crippen LogP contribution in [0.4, 0.5) is 5.69 Å². The van der Waals surface area contributed by atoms with Crippen LogP contribution in [0.1, 0.15) is 23.5 Å². The number of fused-ring (bicyclic) bond motifs is 1. The standard InChI is InChI=1S/C19H18ClNO3S/c1-11(2)24-14-6-4-5-12(9-14)21-19(22)18-17(20)15-8-7-13(23-3)10-16(15)25-18/h4-11H,1-3H3,(H,21,22). The molecule has 0 unspecified atom stereocenters. The van der Waals surface area contributed by atoms with Crippen LogP contribution in [0.5, 0.6) is 11.5 Å². The molecule has 0 spiro atoms. The molecule has 0 bridgehead atoms. The van der Waals surface area contributed by atoms with Crippen molar-refractivity contribution in [3.8, 4) is 11.5 Å². The summed E-state index contributed by atoms with van der Waals surface area (Å²) in [6.45, 7) is 3.91. The van der Waals surface area contributed by atoms with Crippen LogP contribution in [0.2, 0.25) is 5.02 Å². The molecule has 0 atom stereocenters. The zero-order chi connectivity index (χ0) is 18.0. The number of thiophene rings is 1. The molecule has 130 valence electrons. The van der Waals surface area contributed by atoms with Crippen LogP contribution in [0, 0.1) is 0 Å². The molecule has 6 heteroatoms. The summed E-state index contributed by atoms with van der Waals surface area (Å²) in [6.07, 6.45) is 0.0676. The molecule has 0 saturated carbocycles. The third kappa shape index (κ3) is 3.89. The quantitative estimate of drug-likeness (QED) is 0.631. The van der Waals surface area contributed by atoms with Gasteiger partial charge < -0.3 is 14.8 Å². The van der Waals surface area contributed by atoms with Gasteiger partial charge in [-0.05, 0) is 44.2 Å². The highest BCUT2D eigenvalue weighted by molar-refractivity contribution is 7.21. The van der Waals surface area contributed by atoms with Gasteiger partial charge in [0.15, 0.2) is 0 Å². The van der Waals surface area contributed by atoms with Crippen molar-refractivity contribution in [2.45, 2.75) is 20.0 Å². The molecular formula is C19H18ClNO3S. The molecule has 1 aromatic heterocycles. The van der Waals surface area contributed by atoms with Gasteiger partial charge in [-0.15, -0.1) is 11.3 Å². The first-order valence-corrected chi connectivity index (χ1v) is 9.01. The van der Waals surface area contributed by atoms with Crippen LogP contribution in [0.25, 0.3) is 10.1 Å². The van der Waals surface area contributed by atoms with Crippen LogP contribution < -0.4 is 14.8 Å². The van der Waals surface area contributed by atoms with Crippen molar-refractivity contribution >= 4 is 44.6 Å². The summed E-state index contributed by atoms with van der Waals surface area (Å²) in [7, 11) is 1.61. The Balaban J connectivity index is 1.86. The number of benzene rings is 2. The van der Waals surface area contributed by atoms with E-state index in [4.69, 9.17) is 21.1 Å². The molecule has 3 rings (SSSR count). The lowest BCUT2D eigenvalue weighted by Gasteiger charge is -2.11. The number of methoxy groups -OCH3 is 1. The summed E-state index contributed by atoms with van der Waals surface area (Å²) in [5.74, 6) is 1.20. The van der Waals surface area contributed by atoms with Gasteiger partial charge in [-0.25, -0.2) is 0 Å². The smallest absolute Gasteiger partial charge is 0.267 e. The molecule has 3 aromatic rings. The number of amides is 1. The van der Waals surface area contributed by atoms with Crippen molar-refractivity contribution in [3.63, 3.8) is 0 Å². The molecule has 0 aliphatic rings. The van der Waals surface area contributed by atoms with Crippen molar-refractivity contribution in [1.29, 1.82) is 0 Å². The van der Waals surface area contributed by atoms with Gasteiger partial charge in [-0.2, -0.15) is 0 Å². The zero-order valence-electron chi connectivity index (χ0n) is 14.1. The predicted octanol–water partition coefficient (Wildman–Crippen LogP) is 5.60. The Hall–Kier alpha value is -2.24. The van der Waals surface area contributed by atoms with Gasteiger partial charge in [0.25, 0.3) is 5.91 Å². The van der Waals surface area contributed by atoms with E-state index in [-0.39, 0.29) is 12.0 Å². The molecule has 0 aliphatic heterocycles. The van der Waals surface area contributed by atoms with Crippen LogP contribution in [-0.4, -0.2) is 19.1 Å². The highest BCUT2D eigenvalue weighted by atomic mass is 35.5. The van der Waals surface area contributed by atoms with Gasteiger partial charge in [-0.3, -0.25) is 4.79 Å². The lowest BCUT2D eigenvalue weighted by atomic mass is 10.2. The summed E-state index contributed by atoms with van der Waals surface area (Å²) in [6, 6.07) is 12.9. The molecule has 1 amide bonds. The highest BCUT2D eigenvalue weighted by Gasteiger charge is 2.18. The first-order chi connectivity index (χ1) is 12.0. The third-order valence-corrected chi connectivity index (χ3v) is 5.16. The minimum Gasteiger partial charge on any atom is -0.497 e. The molecule has 0 fully saturated rings. The van der Waals surface area contributed by atoms with Gasteiger partial charge >= 0.3 is 0 Å². The number of anilines is 1. The van der Waals surface area contributed by atoms with E-state index in [1.165, 1.54) is 11.3 Å². The Kier molecular flexibility index (Phi) is 5.16. The van der Waals surface area contributed by atoms with Crippen LogP contribution in [-0.2, 0) is 0 Å². The van der Waals surface area contributed by atoms with E-state index < -0.39 is 0 Å². The average molecular weight is 376 g/mol. The van der Waals surface area contributed by atoms with E-state index in [9.17, 15) is 4.79 Å². The Morgan fingerprint density at radius 2 is 1.96 bits per heavy atom. The summed E-state index contributed by atoms with van der Waals surface area (Å²) in [5, 5.41) is 4.17. The minimum absolute atomic E-state index is 0.0676. The molecule has 4 nitrogen and oxygen atoms in total. The third-order valence-electron chi connectivity index (χ3n) is 3.51. The summed E-state index contributed by atoms with van der Waals surface area (Å²) in [4.78, 5) is 13.1. The molecule has 25 heavy (non-hydrogen) atoms. The fourth-order valence-corrected chi connectivity index (χ4v) is 3.87. The van der Waals surface area contributed by atoms with Crippen molar-refractivity contribution in [2.75, 3.05) is 12.4 Å². The number of rotatable bonds is 5. The van der Waals surface area contributed by atoms with Crippen LogP contribution >= 0.6 is 22.9 Å². The maximum Gasteiger partial charge on any atom is 0.267 e. The van der Waals surface area contributed by atoms with E-state index in [0.717, 1.165) is 15.8 Å². The van der Waals surface area contributed by atoms with Gasteiger partial charge in [0.05, 0.1) is 18.2 Å². The second kappa shape index (κ2) is 7.33. The van der Waals surface area contributed by atoms with Gasteiger partial charge in [0.2, 0.25) is 0 Å². The lowest BCUT2D eigenvalue weighted by molar-refractivity contribution is 0.103. The van der Waals surface area contributed by atoms with Gasteiger partial charge in [-0.1, -0.05) is 17.7 Å². The van der Waals surface area contributed by atoms with Crippen molar-refractivity contribution in [2.24, 2.45) is 0 Å². The Morgan fingerprint density at radius 3 is 2.68 bits per heavy atom. The maximum atomic E-state index is 12.6. The summed E-state index contributed by atoms with van der Waals surface area (Å²) >= 11 is 7.74. The predicted molar refractivity (Wildman–Crippen MR) is 104 cm³/mol. The number of carbonyl (C=O) groups is 1. The monoisotopic (exact) mass is 375 g/mol. The first kappa shape index (κ1) is 17.6. The highest BCUT2D eigenvalue weighted by Crippen LogP contribution is 2.37. The SMILES string of the molecule is COc1ccc2c(Cl)c(C(=O)Nc3cccc(OC(C)C)c3)sc2c1. The summed E-state index contributed by atoms with van der Waals surface area (Å²) < 4.78 is 11.8. The number of halogens is 1. The largest absolute Gasteiger partial charge is 0.497 e. The summed E-state index contributed by atoms with van der Waals surface area (Å²) in [5.41, 5.74) is 0.661. The number of hydrogen-bond acceptors (Lipinski definition) is 4. The molecule has 2 aromatic carbocycles. The Morgan fingerprint density at radius 1 is 1.16 bits per heavy atom. The van der Waals surface area contributed by atoms with E-state index in [1.54, 1.807) is 13.2 Å². The Labute approximate surface area is 155 Å². The van der Waals surface area contributed by atoms with Crippen molar-refractivity contribution < 1.29 is 14.3 Å². The maximum absolute atomic E-state index is 12.6. The molecule has 0 aliphatic carbocycles. The molecule has 0 radical (unpaired) electrons. The van der Waals surface area contributed by atoms with Crippen LogP contribution in [0.3, 0.4) is 0 Å². The number of nitrogens with one attached hydrogen (secondary N) is 1. The lowest BCUT2D eigenvalue weighted by Crippen LogP contribution is -2.11. The topological polar surface area (TPSA) is 47.6 Å². The van der Waals surface area contributed by atoms with Gasteiger partial charge in [0, 0.05) is 21.8 Å². The van der Waals surface area contributed by atoms with Crippen LogP contribution in [0.15, 0.2) is 42.5 Å². The number of carbonyl (C=O) groups excluding carboxylic acids is 1. The molecular weight excluding hydrogens is 358 g/mol. The second-order valence-electron chi connectivity index (χ2n) is 5.76. The van der Waals surface area contributed by atoms with Crippen molar-refractivity contribution in [3.05, 3.63) is 52.4 Å². The number of ether oxygens (including phenoxy) is 2. The Bertz CT molecular complexity index is 920. The molecule has 1 N–H and O–H groups in total. The minimum atomic E-state index is -0.244. The van der Waals surface area contributed by atoms with E-state index in [0.29, 0.717) is 21.3 Å². The second-order valence-corrected chi connectivity index (χ2v) is 7.19. The number of hydrogen-bond donors (Lipinski definition) is 1. The zero-order valence-corrected chi connectivity index (χ0v) is 15.7. The molecule has 0 saturated heterocycles.